The highest BCUT2D eigenvalue weighted by atomic mass is 16.5. The van der Waals surface area contributed by atoms with E-state index >= 15 is 0 Å². The Kier molecular flexibility index (Phi) is 17.3. The molecule has 2 atom stereocenters. The Balaban J connectivity index is 4.38. The zero-order valence-corrected chi connectivity index (χ0v) is 20.4. The minimum absolute atomic E-state index is 0.192. The van der Waals surface area contributed by atoms with Gasteiger partial charge in [-0.05, 0) is 53.4 Å². The van der Waals surface area contributed by atoms with Crippen molar-refractivity contribution in [1.82, 2.24) is 0 Å². The number of rotatable bonds is 20. The van der Waals surface area contributed by atoms with E-state index in [0.29, 0.717) is 51.7 Å². The second-order valence-corrected chi connectivity index (χ2v) is 8.24. The maximum Gasteiger partial charge on any atom is 0.305 e. The molecular weight excluding hydrogens is 412 g/mol. The Labute approximate surface area is 193 Å². The van der Waals surface area contributed by atoms with Gasteiger partial charge in [0.1, 0.15) is 11.6 Å². The van der Waals surface area contributed by atoms with Gasteiger partial charge in [0.15, 0.2) is 5.78 Å². The minimum atomic E-state index is -0.738. The third-order valence-electron chi connectivity index (χ3n) is 5.53. The molecule has 0 fully saturated rings. The zero-order valence-electron chi connectivity index (χ0n) is 20.4. The predicted molar refractivity (Wildman–Crippen MR) is 122 cm³/mol. The second-order valence-electron chi connectivity index (χ2n) is 8.24. The van der Waals surface area contributed by atoms with E-state index in [0.717, 1.165) is 38.5 Å². The summed E-state index contributed by atoms with van der Waals surface area (Å²) in [4.78, 5) is 59.8. The van der Waals surface area contributed by atoms with Crippen LogP contribution in [0.3, 0.4) is 0 Å². The van der Waals surface area contributed by atoms with Gasteiger partial charge in [0.25, 0.3) is 0 Å². The van der Waals surface area contributed by atoms with Gasteiger partial charge in [-0.1, -0.05) is 38.5 Å². The van der Waals surface area contributed by atoms with E-state index in [2.05, 4.69) is 0 Å². The summed E-state index contributed by atoms with van der Waals surface area (Å²) in [6.45, 7) is 7.14. The fraction of sp³-hybridized carbons (Fsp3) is 0.800. The highest BCUT2D eigenvalue weighted by molar-refractivity contribution is 6.10. The first kappa shape index (κ1) is 29.9. The first-order valence-electron chi connectivity index (χ1n) is 12.1. The molecule has 0 saturated carbocycles. The first-order valence-corrected chi connectivity index (χ1v) is 12.1. The number of carbonyl (C=O) groups excluding carboxylic acids is 5. The average molecular weight is 455 g/mol. The summed E-state index contributed by atoms with van der Waals surface area (Å²) >= 11 is 0. The molecule has 0 aromatic heterocycles. The molecular formula is C25H42O7. The van der Waals surface area contributed by atoms with Crippen molar-refractivity contribution in [2.24, 2.45) is 11.8 Å². The van der Waals surface area contributed by atoms with Crippen LogP contribution in [0.2, 0.25) is 0 Å². The van der Waals surface area contributed by atoms with Crippen LogP contribution < -0.4 is 0 Å². The third-order valence-corrected chi connectivity index (χ3v) is 5.53. The van der Waals surface area contributed by atoms with Crippen LogP contribution in [0, 0.1) is 11.8 Å². The van der Waals surface area contributed by atoms with Crippen molar-refractivity contribution >= 4 is 29.3 Å². The standard InChI is InChI=1S/C25H42O7/c1-5-31-23(28)17-13-9-7-11-15-21(19(3)26)25(30)22(20(4)27)16-12-8-10-14-18-24(29)32-6-2/h21-22H,5-18H2,1-4H3. The number of Topliss-reactive ketones (excluding diaryl/α,β-unsaturated/α-hetero) is 3. The highest BCUT2D eigenvalue weighted by Gasteiger charge is 2.32. The van der Waals surface area contributed by atoms with E-state index in [1.54, 1.807) is 13.8 Å². The Morgan fingerprint density at radius 1 is 0.562 bits per heavy atom. The second kappa shape index (κ2) is 18.5. The molecule has 0 N–H and O–H groups in total. The fourth-order valence-electron chi connectivity index (χ4n) is 3.74. The Morgan fingerprint density at radius 3 is 1.22 bits per heavy atom. The maximum atomic E-state index is 12.9. The van der Waals surface area contributed by atoms with Crippen LogP contribution >= 0.6 is 0 Å². The smallest absolute Gasteiger partial charge is 0.305 e. The summed E-state index contributed by atoms with van der Waals surface area (Å²) in [7, 11) is 0. The topological polar surface area (TPSA) is 104 Å². The summed E-state index contributed by atoms with van der Waals surface area (Å²) in [5.41, 5.74) is 0. The molecule has 0 heterocycles. The normalized spacial score (nSPS) is 12.6. The first-order chi connectivity index (χ1) is 15.2. The van der Waals surface area contributed by atoms with Crippen molar-refractivity contribution < 1.29 is 33.4 Å². The van der Waals surface area contributed by atoms with Gasteiger partial charge in [-0.25, -0.2) is 0 Å². The van der Waals surface area contributed by atoms with Crippen LogP contribution in [-0.2, 0) is 33.4 Å². The summed E-state index contributed by atoms with van der Waals surface area (Å²) < 4.78 is 9.78. The molecule has 0 amide bonds. The largest absolute Gasteiger partial charge is 0.466 e. The molecule has 32 heavy (non-hydrogen) atoms. The van der Waals surface area contributed by atoms with Crippen molar-refractivity contribution in [2.45, 2.75) is 105 Å². The Bertz CT molecular complexity index is 547. The van der Waals surface area contributed by atoms with Gasteiger partial charge < -0.3 is 9.47 Å². The van der Waals surface area contributed by atoms with Gasteiger partial charge in [-0.15, -0.1) is 0 Å². The number of ether oxygens (including phenoxy) is 2. The van der Waals surface area contributed by atoms with Crippen LogP contribution in [0.15, 0.2) is 0 Å². The van der Waals surface area contributed by atoms with Gasteiger partial charge in [0.05, 0.1) is 25.0 Å². The summed E-state index contributed by atoms with van der Waals surface area (Å²) in [6.07, 6.45) is 7.82. The SMILES string of the molecule is CCOC(=O)CCCCCCC(C(C)=O)C(=O)C(CCCCCCC(=O)OCC)C(C)=O. The monoisotopic (exact) mass is 454 g/mol. The van der Waals surface area contributed by atoms with E-state index in [-0.39, 0.29) is 29.3 Å². The zero-order chi connectivity index (χ0) is 24.4. The molecule has 0 rings (SSSR count). The maximum absolute atomic E-state index is 12.9. The number of esters is 2. The quantitative estimate of drug-likeness (QED) is 0.148. The molecule has 7 heteroatoms. The van der Waals surface area contributed by atoms with E-state index in [1.165, 1.54) is 13.8 Å². The number of ketones is 3. The number of unbranched alkanes of at least 4 members (excludes halogenated alkanes) is 6. The van der Waals surface area contributed by atoms with Gasteiger partial charge in [0.2, 0.25) is 0 Å². The number of hydrogen-bond acceptors (Lipinski definition) is 7. The van der Waals surface area contributed by atoms with Crippen molar-refractivity contribution in [1.29, 1.82) is 0 Å². The molecule has 7 nitrogen and oxygen atoms in total. The summed E-state index contributed by atoms with van der Waals surface area (Å²) in [5.74, 6) is -2.52. The minimum Gasteiger partial charge on any atom is -0.466 e. The fourth-order valence-corrected chi connectivity index (χ4v) is 3.74. The van der Waals surface area contributed by atoms with Crippen molar-refractivity contribution in [3.05, 3.63) is 0 Å². The summed E-state index contributed by atoms with van der Waals surface area (Å²) in [6, 6.07) is 0. The van der Waals surface area contributed by atoms with E-state index in [1.807, 2.05) is 0 Å². The van der Waals surface area contributed by atoms with E-state index in [9.17, 15) is 24.0 Å². The van der Waals surface area contributed by atoms with Gasteiger partial charge >= 0.3 is 11.9 Å². The van der Waals surface area contributed by atoms with Gasteiger partial charge in [0, 0.05) is 12.8 Å². The Morgan fingerprint density at radius 2 is 0.906 bits per heavy atom. The van der Waals surface area contributed by atoms with Crippen LogP contribution in [0.4, 0.5) is 0 Å². The van der Waals surface area contributed by atoms with E-state index < -0.39 is 11.8 Å². The molecule has 0 aromatic rings. The molecule has 0 saturated heterocycles. The molecule has 0 bridgehead atoms. The lowest BCUT2D eigenvalue weighted by atomic mass is 9.82. The molecule has 0 aliphatic rings. The van der Waals surface area contributed by atoms with Crippen LogP contribution in [-0.4, -0.2) is 42.5 Å². The lowest BCUT2D eigenvalue weighted by Gasteiger charge is -2.19. The molecule has 0 spiro atoms. The number of hydrogen-bond donors (Lipinski definition) is 0. The molecule has 2 unspecified atom stereocenters. The molecule has 0 aliphatic heterocycles. The van der Waals surface area contributed by atoms with Gasteiger partial charge in [-0.3, -0.25) is 24.0 Å². The van der Waals surface area contributed by atoms with Crippen LogP contribution in [0.1, 0.15) is 105 Å². The Hall–Kier alpha value is -2.05. The predicted octanol–water partition coefficient (Wildman–Crippen LogP) is 4.77. The lowest BCUT2D eigenvalue weighted by Crippen LogP contribution is -2.32. The average Bonchev–Trinajstić information content (AvgIpc) is 2.72. The van der Waals surface area contributed by atoms with E-state index in [4.69, 9.17) is 9.47 Å². The van der Waals surface area contributed by atoms with Crippen molar-refractivity contribution in [2.75, 3.05) is 13.2 Å². The molecule has 184 valence electrons. The van der Waals surface area contributed by atoms with Crippen molar-refractivity contribution in [3.8, 4) is 0 Å². The number of carbonyl (C=O) groups is 5. The van der Waals surface area contributed by atoms with Crippen molar-refractivity contribution in [3.63, 3.8) is 0 Å². The van der Waals surface area contributed by atoms with Crippen LogP contribution in [0.25, 0.3) is 0 Å². The highest BCUT2D eigenvalue weighted by Crippen LogP contribution is 2.22. The molecule has 0 aliphatic carbocycles. The molecule has 0 aromatic carbocycles. The summed E-state index contributed by atoms with van der Waals surface area (Å²) in [5, 5.41) is 0. The van der Waals surface area contributed by atoms with Gasteiger partial charge in [-0.2, -0.15) is 0 Å². The molecule has 0 radical (unpaired) electrons. The third kappa shape index (κ3) is 14.1. The van der Waals surface area contributed by atoms with Crippen LogP contribution in [0.5, 0.6) is 0 Å². The lowest BCUT2D eigenvalue weighted by molar-refractivity contribution is -0.144.